The predicted octanol–water partition coefficient (Wildman–Crippen LogP) is 1.12. The lowest BCUT2D eigenvalue weighted by Gasteiger charge is -2.31. The van der Waals surface area contributed by atoms with E-state index in [1.54, 1.807) is 0 Å². The third kappa shape index (κ3) is 2.49. The lowest BCUT2D eigenvalue weighted by Crippen LogP contribution is -2.48. The Morgan fingerprint density at radius 1 is 1.47 bits per heavy atom. The fraction of sp³-hybridized carbons (Fsp3) is 0.692. The second-order valence-electron chi connectivity index (χ2n) is 5.45. The summed E-state index contributed by atoms with van der Waals surface area (Å²) in [5.41, 5.74) is 2.40. The molecule has 1 unspecified atom stereocenters. The van der Waals surface area contributed by atoms with Crippen molar-refractivity contribution in [2.75, 3.05) is 18.4 Å². The summed E-state index contributed by atoms with van der Waals surface area (Å²) in [7, 11) is 1.91. The number of nitrogens with one attached hydrogen (secondary N) is 2. The van der Waals surface area contributed by atoms with Crippen LogP contribution in [0.1, 0.15) is 24.6 Å². The van der Waals surface area contributed by atoms with Crippen molar-refractivity contribution >= 4 is 24.1 Å². The maximum absolute atomic E-state index is 12.2. The molecule has 0 radical (unpaired) electrons. The Morgan fingerprint density at radius 3 is 2.84 bits per heavy atom. The Labute approximate surface area is 119 Å². The van der Waals surface area contributed by atoms with Crippen LogP contribution in [0.4, 0.5) is 5.82 Å². The highest BCUT2D eigenvalue weighted by Gasteiger charge is 2.30. The highest BCUT2D eigenvalue weighted by Crippen LogP contribution is 2.29. The van der Waals surface area contributed by atoms with E-state index in [2.05, 4.69) is 15.7 Å². The van der Waals surface area contributed by atoms with Crippen molar-refractivity contribution in [2.24, 2.45) is 18.9 Å². The van der Waals surface area contributed by atoms with Crippen LogP contribution in [0.3, 0.4) is 0 Å². The Balaban J connectivity index is 0.00000133. The Morgan fingerprint density at radius 2 is 2.21 bits per heavy atom. The van der Waals surface area contributed by atoms with Crippen LogP contribution >= 0.6 is 12.4 Å². The zero-order valence-corrected chi connectivity index (χ0v) is 12.2. The summed E-state index contributed by atoms with van der Waals surface area (Å²) in [6.45, 7) is 3.92. The molecule has 0 aromatic carbocycles. The number of hydrogen-bond donors (Lipinski definition) is 2. The van der Waals surface area contributed by atoms with Gasteiger partial charge in [-0.2, -0.15) is 5.10 Å². The highest BCUT2D eigenvalue weighted by atomic mass is 35.5. The van der Waals surface area contributed by atoms with Crippen LogP contribution in [0.2, 0.25) is 0 Å². The van der Waals surface area contributed by atoms with Gasteiger partial charge < -0.3 is 10.6 Å². The fourth-order valence-corrected chi connectivity index (χ4v) is 2.79. The SMILES string of the molecule is CC(C(=O)Nc1c2c(nn1C)CCC2)C1CNC1.Cl. The maximum atomic E-state index is 12.2. The fourth-order valence-electron chi connectivity index (χ4n) is 2.79. The van der Waals surface area contributed by atoms with Crippen molar-refractivity contribution in [3.63, 3.8) is 0 Å². The van der Waals surface area contributed by atoms with E-state index in [1.807, 2.05) is 18.7 Å². The highest BCUT2D eigenvalue weighted by molar-refractivity contribution is 5.92. The second kappa shape index (κ2) is 5.51. The number of amides is 1. The molecule has 1 aromatic heterocycles. The second-order valence-corrected chi connectivity index (χ2v) is 5.45. The van der Waals surface area contributed by atoms with Gasteiger partial charge >= 0.3 is 0 Å². The smallest absolute Gasteiger partial charge is 0.228 e. The molecule has 0 saturated carbocycles. The van der Waals surface area contributed by atoms with Gasteiger partial charge in [-0.05, 0) is 38.3 Å². The Kier molecular flexibility index (Phi) is 4.16. The van der Waals surface area contributed by atoms with Crippen LogP contribution in [-0.4, -0.2) is 28.8 Å². The number of rotatable bonds is 3. The van der Waals surface area contributed by atoms with Gasteiger partial charge in [-0.25, -0.2) is 0 Å². The molecule has 1 atom stereocenters. The van der Waals surface area contributed by atoms with Gasteiger partial charge in [0.05, 0.1) is 5.69 Å². The first kappa shape index (κ1) is 14.3. The van der Waals surface area contributed by atoms with Crippen molar-refractivity contribution < 1.29 is 4.79 Å². The molecule has 19 heavy (non-hydrogen) atoms. The van der Waals surface area contributed by atoms with Crippen molar-refractivity contribution in [1.82, 2.24) is 15.1 Å². The molecule has 1 amide bonds. The molecule has 1 aliphatic carbocycles. The first-order valence-electron chi connectivity index (χ1n) is 6.73. The van der Waals surface area contributed by atoms with Crippen LogP contribution in [0.25, 0.3) is 0 Å². The summed E-state index contributed by atoms with van der Waals surface area (Å²) in [4.78, 5) is 12.2. The van der Waals surface area contributed by atoms with Crippen molar-refractivity contribution in [1.29, 1.82) is 0 Å². The number of aromatic nitrogens is 2. The molecule has 2 heterocycles. The molecule has 1 fully saturated rings. The molecule has 0 bridgehead atoms. The molecule has 1 saturated heterocycles. The number of fused-ring (bicyclic) bond motifs is 1. The van der Waals surface area contributed by atoms with Crippen molar-refractivity contribution in [3.8, 4) is 0 Å². The molecule has 3 rings (SSSR count). The summed E-state index contributed by atoms with van der Waals surface area (Å²) in [6.07, 6.45) is 3.24. The number of nitrogens with zero attached hydrogens (tertiary/aromatic N) is 2. The van der Waals surface area contributed by atoms with E-state index >= 15 is 0 Å². The third-order valence-electron chi connectivity index (χ3n) is 4.24. The summed E-state index contributed by atoms with van der Waals surface area (Å²) in [5.74, 6) is 1.58. The number of carbonyl (C=O) groups excluding carboxylic acids is 1. The van der Waals surface area contributed by atoms with Gasteiger partial charge in [-0.15, -0.1) is 12.4 Å². The molecule has 106 valence electrons. The van der Waals surface area contributed by atoms with Gasteiger partial charge in [-0.3, -0.25) is 9.48 Å². The van der Waals surface area contributed by atoms with Gasteiger partial charge in [0, 0.05) is 18.5 Å². The van der Waals surface area contributed by atoms with E-state index in [1.165, 1.54) is 5.56 Å². The van der Waals surface area contributed by atoms with Crippen molar-refractivity contribution in [3.05, 3.63) is 11.3 Å². The van der Waals surface area contributed by atoms with E-state index in [4.69, 9.17) is 0 Å². The van der Waals surface area contributed by atoms with Crippen LogP contribution in [-0.2, 0) is 24.7 Å². The number of aryl methyl sites for hydroxylation is 2. The average Bonchev–Trinajstić information content (AvgIpc) is 2.79. The number of hydrogen-bond acceptors (Lipinski definition) is 3. The average molecular weight is 285 g/mol. The first-order chi connectivity index (χ1) is 8.66. The zero-order valence-electron chi connectivity index (χ0n) is 11.4. The quantitative estimate of drug-likeness (QED) is 0.875. The van der Waals surface area contributed by atoms with Crippen LogP contribution < -0.4 is 10.6 Å². The molecule has 1 aliphatic heterocycles. The Bertz CT molecular complexity index is 481. The molecule has 2 N–H and O–H groups in total. The van der Waals surface area contributed by atoms with Gasteiger partial charge in [-0.1, -0.05) is 6.92 Å². The van der Waals surface area contributed by atoms with E-state index in [0.717, 1.165) is 43.9 Å². The number of halogens is 1. The molecule has 5 nitrogen and oxygen atoms in total. The molecule has 0 spiro atoms. The molecular weight excluding hydrogens is 264 g/mol. The van der Waals surface area contributed by atoms with E-state index < -0.39 is 0 Å². The topological polar surface area (TPSA) is 59.0 Å². The summed E-state index contributed by atoms with van der Waals surface area (Å²) in [5, 5.41) is 10.8. The lowest BCUT2D eigenvalue weighted by molar-refractivity contribution is -0.121. The van der Waals surface area contributed by atoms with Gasteiger partial charge in [0.25, 0.3) is 0 Å². The minimum Gasteiger partial charge on any atom is -0.316 e. The van der Waals surface area contributed by atoms with Crippen LogP contribution in [0.5, 0.6) is 0 Å². The van der Waals surface area contributed by atoms with Gasteiger partial charge in [0.1, 0.15) is 5.82 Å². The minimum absolute atomic E-state index is 0. The van der Waals surface area contributed by atoms with E-state index in [9.17, 15) is 4.79 Å². The molecule has 1 aromatic rings. The van der Waals surface area contributed by atoms with Gasteiger partial charge in [0.2, 0.25) is 5.91 Å². The molecule has 2 aliphatic rings. The minimum atomic E-state index is 0. The van der Waals surface area contributed by atoms with Crippen LogP contribution in [0, 0.1) is 11.8 Å². The zero-order chi connectivity index (χ0) is 12.7. The van der Waals surface area contributed by atoms with Crippen molar-refractivity contribution in [2.45, 2.75) is 26.2 Å². The standard InChI is InChI=1S/C13H20N4O.ClH/c1-8(9-6-14-7-9)13(18)15-12-10-4-3-5-11(10)16-17(12)2;/h8-9,14H,3-7H2,1-2H3,(H,15,18);1H. The first-order valence-corrected chi connectivity index (χ1v) is 6.73. The van der Waals surface area contributed by atoms with E-state index in [0.29, 0.717) is 5.92 Å². The predicted molar refractivity (Wildman–Crippen MR) is 76.6 cm³/mol. The molecular formula is C13H21ClN4O. The van der Waals surface area contributed by atoms with Crippen LogP contribution in [0.15, 0.2) is 0 Å². The lowest BCUT2D eigenvalue weighted by atomic mass is 9.88. The van der Waals surface area contributed by atoms with Gasteiger partial charge in [0.15, 0.2) is 0 Å². The monoisotopic (exact) mass is 284 g/mol. The number of anilines is 1. The summed E-state index contributed by atoms with van der Waals surface area (Å²) < 4.78 is 1.81. The largest absolute Gasteiger partial charge is 0.316 e. The Hall–Kier alpha value is -1.07. The summed E-state index contributed by atoms with van der Waals surface area (Å²) >= 11 is 0. The van der Waals surface area contributed by atoms with E-state index in [-0.39, 0.29) is 24.2 Å². The molecule has 6 heteroatoms. The normalized spacial score (nSPS) is 19.3. The third-order valence-corrected chi connectivity index (χ3v) is 4.24. The number of carbonyl (C=O) groups is 1. The maximum Gasteiger partial charge on any atom is 0.228 e. The summed E-state index contributed by atoms with van der Waals surface area (Å²) in [6, 6.07) is 0.